The topological polar surface area (TPSA) is 54.5 Å². The number of carbonyl (C=O) groups excluding carboxylic acids is 1. The van der Waals surface area contributed by atoms with Crippen LogP contribution in [0.1, 0.15) is 16.8 Å². The highest BCUT2D eigenvalue weighted by atomic mass is 16.5. The third-order valence-electron chi connectivity index (χ3n) is 3.85. The molecule has 0 radical (unpaired) electrons. The molecule has 1 N–H and O–H groups in total. The average Bonchev–Trinajstić information content (AvgIpc) is 3.03. The van der Waals surface area contributed by atoms with Crippen molar-refractivity contribution in [2.75, 3.05) is 25.5 Å². The predicted molar refractivity (Wildman–Crippen MR) is 85.2 cm³/mol. The molecular formula is C17H19N3O2. The van der Waals surface area contributed by atoms with Gasteiger partial charge in [0.2, 0.25) is 0 Å². The molecule has 22 heavy (non-hydrogen) atoms. The molecule has 1 fully saturated rings. The summed E-state index contributed by atoms with van der Waals surface area (Å²) in [6.07, 6.45) is 4.47. The van der Waals surface area contributed by atoms with Gasteiger partial charge in [0.15, 0.2) is 0 Å². The number of pyridine rings is 1. The monoisotopic (exact) mass is 297 g/mol. The van der Waals surface area contributed by atoms with Gasteiger partial charge in [-0.2, -0.15) is 0 Å². The number of nitrogens with one attached hydrogen (secondary N) is 1. The summed E-state index contributed by atoms with van der Waals surface area (Å²) in [4.78, 5) is 18.6. The summed E-state index contributed by atoms with van der Waals surface area (Å²) in [5.41, 5.74) is 1.60. The minimum atomic E-state index is 0.0212. The highest BCUT2D eigenvalue weighted by molar-refractivity contribution is 5.97. The number of amides is 1. The number of hydrogen-bond acceptors (Lipinski definition) is 4. The van der Waals surface area contributed by atoms with Crippen LogP contribution in [0.2, 0.25) is 0 Å². The van der Waals surface area contributed by atoms with Gasteiger partial charge in [0.1, 0.15) is 5.75 Å². The number of ether oxygens (including phenoxy) is 1. The van der Waals surface area contributed by atoms with Gasteiger partial charge in [-0.1, -0.05) is 12.1 Å². The third-order valence-corrected chi connectivity index (χ3v) is 3.85. The minimum Gasteiger partial charge on any atom is -0.496 e. The average molecular weight is 297 g/mol. The van der Waals surface area contributed by atoms with Crippen LogP contribution in [-0.4, -0.2) is 42.0 Å². The standard InChI is InChI=1S/C17H19N3O2/c1-22-16-7-3-2-6-15(16)17(21)20-10-8-14(12-20)19-13-5-4-9-18-11-13/h2-7,9,11,14,19H,8,10,12H2,1H3/t14-/m1/s1. The SMILES string of the molecule is COc1ccccc1C(=O)N1CC[C@@H](Nc2cccnc2)C1. The Bertz CT molecular complexity index is 645. The lowest BCUT2D eigenvalue weighted by atomic mass is 10.2. The van der Waals surface area contributed by atoms with Gasteiger partial charge >= 0.3 is 0 Å². The normalized spacial score (nSPS) is 17.3. The van der Waals surface area contributed by atoms with E-state index in [-0.39, 0.29) is 11.9 Å². The Labute approximate surface area is 129 Å². The van der Waals surface area contributed by atoms with E-state index in [1.165, 1.54) is 0 Å². The lowest BCUT2D eigenvalue weighted by Crippen LogP contribution is -2.31. The van der Waals surface area contributed by atoms with E-state index in [2.05, 4.69) is 10.3 Å². The molecule has 1 aromatic heterocycles. The molecule has 0 unspecified atom stereocenters. The molecule has 2 heterocycles. The fourth-order valence-corrected chi connectivity index (χ4v) is 2.74. The van der Waals surface area contributed by atoms with Crippen molar-refractivity contribution in [2.24, 2.45) is 0 Å². The number of likely N-dealkylation sites (tertiary alicyclic amines) is 1. The molecule has 0 bridgehead atoms. The van der Waals surface area contributed by atoms with Crippen molar-refractivity contribution >= 4 is 11.6 Å². The van der Waals surface area contributed by atoms with E-state index in [9.17, 15) is 4.79 Å². The molecule has 1 aliphatic rings. The van der Waals surface area contributed by atoms with E-state index < -0.39 is 0 Å². The summed E-state index contributed by atoms with van der Waals surface area (Å²) in [5.74, 6) is 0.643. The van der Waals surface area contributed by atoms with Crippen molar-refractivity contribution in [3.63, 3.8) is 0 Å². The zero-order valence-corrected chi connectivity index (χ0v) is 12.5. The molecule has 1 aromatic carbocycles. The van der Waals surface area contributed by atoms with E-state index in [0.29, 0.717) is 17.9 Å². The Morgan fingerprint density at radius 2 is 2.18 bits per heavy atom. The number of nitrogens with zero attached hydrogens (tertiary/aromatic N) is 2. The highest BCUT2D eigenvalue weighted by Crippen LogP contribution is 2.22. The lowest BCUT2D eigenvalue weighted by molar-refractivity contribution is 0.0788. The highest BCUT2D eigenvalue weighted by Gasteiger charge is 2.28. The van der Waals surface area contributed by atoms with Crippen LogP contribution in [0.15, 0.2) is 48.8 Å². The third kappa shape index (κ3) is 3.03. The van der Waals surface area contributed by atoms with E-state index in [1.54, 1.807) is 19.5 Å². The number of anilines is 1. The second-order valence-electron chi connectivity index (χ2n) is 5.32. The first-order chi connectivity index (χ1) is 10.8. The van der Waals surface area contributed by atoms with Crippen LogP contribution in [0.5, 0.6) is 5.75 Å². The molecule has 1 amide bonds. The largest absolute Gasteiger partial charge is 0.496 e. The molecule has 3 rings (SSSR count). The fraction of sp³-hybridized carbons (Fsp3) is 0.294. The first kappa shape index (κ1) is 14.4. The van der Waals surface area contributed by atoms with E-state index in [4.69, 9.17) is 4.74 Å². The quantitative estimate of drug-likeness (QED) is 0.941. The maximum atomic E-state index is 12.6. The first-order valence-electron chi connectivity index (χ1n) is 7.37. The number of para-hydroxylation sites is 1. The van der Waals surface area contributed by atoms with Crippen LogP contribution in [0.25, 0.3) is 0 Å². The molecule has 1 aliphatic heterocycles. The maximum Gasteiger partial charge on any atom is 0.257 e. The van der Waals surface area contributed by atoms with Crippen LogP contribution < -0.4 is 10.1 Å². The Morgan fingerprint density at radius 1 is 1.32 bits per heavy atom. The van der Waals surface area contributed by atoms with Crippen LogP contribution in [0.4, 0.5) is 5.69 Å². The smallest absolute Gasteiger partial charge is 0.257 e. The molecule has 114 valence electrons. The fourth-order valence-electron chi connectivity index (χ4n) is 2.74. The maximum absolute atomic E-state index is 12.6. The number of benzene rings is 1. The lowest BCUT2D eigenvalue weighted by Gasteiger charge is -2.19. The zero-order chi connectivity index (χ0) is 15.4. The summed E-state index contributed by atoms with van der Waals surface area (Å²) in [6.45, 7) is 1.43. The predicted octanol–water partition coefficient (Wildman–Crippen LogP) is 2.42. The summed E-state index contributed by atoms with van der Waals surface area (Å²) >= 11 is 0. The van der Waals surface area contributed by atoms with E-state index >= 15 is 0 Å². The van der Waals surface area contributed by atoms with E-state index in [1.807, 2.05) is 41.3 Å². The van der Waals surface area contributed by atoms with Crippen molar-refractivity contribution in [1.29, 1.82) is 0 Å². The number of methoxy groups -OCH3 is 1. The van der Waals surface area contributed by atoms with Crippen molar-refractivity contribution in [2.45, 2.75) is 12.5 Å². The Balaban J connectivity index is 1.66. The zero-order valence-electron chi connectivity index (χ0n) is 12.5. The van der Waals surface area contributed by atoms with Crippen molar-refractivity contribution in [3.8, 4) is 5.75 Å². The number of rotatable bonds is 4. The Kier molecular flexibility index (Phi) is 4.23. The number of carbonyl (C=O) groups is 1. The van der Waals surface area contributed by atoms with Crippen LogP contribution in [0.3, 0.4) is 0 Å². The van der Waals surface area contributed by atoms with Gasteiger partial charge in [0.05, 0.1) is 18.4 Å². The van der Waals surface area contributed by atoms with Crippen molar-refractivity contribution < 1.29 is 9.53 Å². The number of aromatic nitrogens is 1. The Morgan fingerprint density at radius 3 is 2.95 bits per heavy atom. The molecule has 0 saturated carbocycles. The van der Waals surface area contributed by atoms with E-state index in [0.717, 1.165) is 18.7 Å². The molecule has 5 heteroatoms. The van der Waals surface area contributed by atoms with Gasteiger partial charge in [0.25, 0.3) is 5.91 Å². The minimum absolute atomic E-state index is 0.0212. The number of hydrogen-bond donors (Lipinski definition) is 1. The van der Waals surface area contributed by atoms with Gasteiger partial charge < -0.3 is 15.0 Å². The Hall–Kier alpha value is -2.56. The van der Waals surface area contributed by atoms with Gasteiger partial charge in [-0.25, -0.2) is 0 Å². The van der Waals surface area contributed by atoms with Crippen LogP contribution >= 0.6 is 0 Å². The molecule has 1 atom stereocenters. The molecule has 0 spiro atoms. The van der Waals surface area contributed by atoms with Gasteiger partial charge in [-0.15, -0.1) is 0 Å². The van der Waals surface area contributed by atoms with Gasteiger partial charge in [0, 0.05) is 31.5 Å². The van der Waals surface area contributed by atoms with Crippen molar-refractivity contribution in [3.05, 3.63) is 54.4 Å². The van der Waals surface area contributed by atoms with Crippen LogP contribution in [-0.2, 0) is 0 Å². The molecule has 1 saturated heterocycles. The molecule has 2 aromatic rings. The molecular weight excluding hydrogens is 278 g/mol. The second-order valence-corrected chi connectivity index (χ2v) is 5.32. The second kappa shape index (κ2) is 6.47. The van der Waals surface area contributed by atoms with Gasteiger partial charge in [-0.05, 0) is 30.7 Å². The summed E-state index contributed by atoms with van der Waals surface area (Å²) in [7, 11) is 1.59. The summed E-state index contributed by atoms with van der Waals surface area (Å²) in [6, 6.07) is 11.5. The summed E-state index contributed by atoms with van der Waals surface area (Å²) < 4.78 is 5.28. The molecule has 0 aliphatic carbocycles. The van der Waals surface area contributed by atoms with Gasteiger partial charge in [-0.3, -0.25) is 9.78 Å². The first-order valence-corrected chi connectivity index (χ1v) is 7.37. The molecule has 5 nitrogen and oxygen atoms in total. The summed E-state index contributed by atoms with van der Waals surface area (Å²) in [5, 5.41) is 3.42. The van der Waals surface area contributed by atoms with Crippen LogP contribution in [0, 0.1) is 0 Å². The van der Waals surface area contributed by atoms with Crippen molar-refractivity contribution in [1.82, 2.24) is 9.88 Å².